The molecule has 1 atom stereocenters. The second-order valence-electron chi connectivity index (χ2n) is 5.65. The molecule has 23 heavy (non-hydrogen) atoms. The van der Waals surface area contributed by atoms with Gasteiger partial charge in [0, 0.05) is 10.1 Å². The lowest BCUT2D eigenvalue weighted by atomic mass is 9.89. The lowest BCUT2D eigenvalue weighted by molar-refractivity contribution is -0.142. The van der Waals surface area contributed by atoms with Crippen LogP contribution in [0.2, 0.25) is 0 Å². The van der Waals surface area contributed by atoms with Crippen molar-refractivity contribution in [1.82, 2.24) is 0 Å². The molecule has 0 aliphatic rings. The minimum absolute atomic E-state index is 0.277. The van der Waals surface area contributed by atoms with Crippen molar-refractivity contribution in [3.8, 4) is 0 Å². The molecule has 7 heteroatoms. The number of carboxylic acids is 1. The fourth-order valence-corrected chi connectivity index (χ4v) is 2.72. The topological polar surface area (TPSA) is 88.0 Å². The van der Waals surface area contributed by atoms with Gasteiger partial charge in [0.15, 0.2) is 6.61 Å². The molecule has 0 aliphatic carbocycles. The van der Waals surface area contributed by atoms with Crippen LogP contribution >= 0.6 is 22.6 Å². The highest BCUT2D eigenvalue weighted by Gasteiger charge is 2.36. The average Bonchev–Trinajstić information content (AvgIpc) is 2.44. The monoisotopic (exact) mass is 432 g/mol. The number of carbonyl (C=O) groups is 2. The van der Waals surface area contributed by atoms with Gasteiger partial charge in [-0.2, -0.15) is 0 Å². The summed E-state index contributed by atoms with van der Waals surface area (Å²) < 4.78 is 0.355. The van der Waals surface area contributed by atoms with Crippen LogP contribution in [0.25, 0.3) is 0 Å². The Bertz CT molecular complexity index is 610. The van der Waals surface area contributed by atoms with Crippen LogP contribution in [-0.2, 0) is 14.4 Å². The third-order valence-electron chi connectivity index (χ3n) is 3.44. The molecule has 0 spiro atoms. The highest BCUT2D eigenvalue weighted by molar-refractivity contribution is 14.1. The first-order valence-corrected chi connectivity index (χ1v) is 8.56. The van der Waals surface area contributed by atoms with Gasteiger partial charge in [-0.3, -0.25) is 9.59 Å². The highest BCUT2D eigenvalue weighted by atomic mass is 127. The van der Waals surface area contributed by atoms with Crippen molar-refractivity contribution in [2.24, 2.45) is 10.6 Å². The molecule has 0 radical (unpaired) electrons. The Balaban J connectivity index is 2.62. The number of aryl methyl sites for hydroxylation is 2. The lowest BCUT2D eigenvalue weighted by Crippen LogP contribution is -2.36. The second-order valence-corrected chi connectivity index (χ2v) is 6.41. The Kier molecular flexibility index (Phi) is 6.99. The quantitative estimate of drug-likeness (QED) is 0.300. The Labute approximate surface area is 149 Å². The van der Waals surface area contributed by atoms with Crippen molar-refractivity contribution in [2.75, 3.05) is 16.4 Å². The zero-order chi connectivity index (χ0) is 17.6. The molecule has 0 saturated carbocycles. The molecule has 126 valence electrons. The normalized spacial score (nSPS) is 14.0. The van der Waals surface area contributed by atoms with Gasteiger partial charge in [0.2, 0.25) is 0 Å². The van der Waals surface area contributed by atoms with Gasteiger partial charge in [-0.15, -0.1) is 0 Å². The number of benzene rings is 1. The van der Waals surface area contributed by atoms with Crippen molar-refractivity contribution in [2.45, 2.75) is 27.7 Å². The van der Waals surface area contributed by atoms with Crippen molar-refractivity contribution >= 4 is 45.9 Å². The predicted octanol–water partition coefficient (Wildman–Crippen LogP) is 3.16. The number of nitrogens with zero attached hydrogens (tertiary/aromatic N) is 1. The number of alkyl halides is 1. The van der Waals surface area contributed by atoms with Gasteiger partial charge in [0.25, 0.3) is 5.91 Å². The third-order valence-corrected chi connectivity index (χ3v) is 4.97. The Morgan fingerprint density at radius 1 is 1.30 bits per heavy atom. The standard InChI is InChI=1S/C16H21IN2O4/c1-10-5-11(2)7-13(6-10)18-14(20)8-23-19-12(3)16(4,9-17)15(21)22/h5-7H,8-9H2,1-4H3,(H,18,20)(H,21,22)/b19-12+. The highest BCUT2D eigenvalue weighted by Crippen LogP contribution is 2.22. The molecule has 1 rings (SSSR count). The van der Waals surface area contributed by atoms with Gasteiger partial charge < -0.3 is 15.3 Å². The number of nitrogens with one attached hydrogen (secondary N) is 1. The van der Waals surface area contributed by atoms with Gasteiger partial charge in [0.1, 0.15) is 5.41 Å². The Morgan fingerprint density at radius 3 is 2.35 bits per heavy atom. The number of oxime groups is 1. The van der Waals surface area contributed by atoms with Gasteiger partial charge in [0.05, 0.1) is 5.71 Å². The van der Waals surface area contributed by atoms with E-state index in [1.54, 1.807) is 13.8 Å². The molecule has 0 bridgehead atoms. The maximum atomic E-state index is 11.8. The predicted molar refractivity (Wildman–Crippen MR) is 98.2 cm³/mol. The third kappa shape index (κ3) is 5.49. The van der Waals surface area contributed by atoms with E-state index in [-0.39, 0.29) is 12.5 Å². The van der Waals surface area contributed by atoms with Crippen molar-refractivity contribution in [1.29, 1.82) is 0 Å². The summed E-state index contributed by atoms with van der Waals surface area (Å²) in [6.45, 7) is 6.77. The Morgan fingerprint density at radius 2 is 1.87 bits per heavy atom. The fraction of sp³-hybridized carbons (Fsp3) is 0.438. The van der Waals surface area contributed by atoms with Crippen LogP contribution in [0.1, 0.15) is 25.0 Å². The van der Waals surface area contributed by atoms with E-state index < -0.39 is 11.4 Å². The summed E-state index contributed by atoms with van der Waals surface area (Å²) in [5, 5.41) is 15.7. The van der Waals surface area contributed by atoms with Crippen LogP contribution in [0.15, 0.2) is 23.4 Å². The van der Waals surface area contributed by atoms with Crippen LogP contribution in [0.3, 0.4) is 0 Å². The summed E-state index contributed by atoms with van der Waals surface area (Å²) >= 11 is 1.99. The van der Waals surface area contributed by atoms with Gasteiger partial charge in [-0.05, 0) is 51.0 Å². The minimum Gasteiger partial charge on any atom is -0.481 e. The number of hydrogen-bond acceptors (Lipinski definition) is 4. The minimum atomic E-state index is -1.11. The molecule has 0 aromatic heterocycles. The summed E-state index contributed by atoms with van der Waals surface area (Å²) in [6, 6.07) is 5.73. The number of aliphatic carboxylic acids is 1. The van der Waals surface area contributed by atoms with Crippen LogP contribution in [0, 0.1) is 19.3 Å². The first kappa shape index (κ1) is 19.4. The van der Waals surface area contributed by atoms with E-state index in [9.17, 15) is 14.7 Å². The number of halogens is 1. The van der Waals surface area contributed by atoms with Crippen LogP contribution < -0.4 is 5.32 Å². The molecule has 2 N–H and O–H groups in total. The smallest absolute Gasteiger partial charge is 0.316 e. The van der Waals surface area contributed by atoms with Crippen LogP contribution in [0.5, 0.6) is 0 Å². The summed E-state index contributed by atoms with van der Waals surface area (Å²) in [5.41, 5.74) is 2.01. The number of carbonyl (C=O) groups excluding carboxylic acids is 1. The van der Waals surface area contributed by atoms with Gasteiger partial charge in [-0.25, -0.2) is 0 Å². The van der Waals surface area contributed by atoms with E-state index in [2.05, 4.69) is 10.5 Å². The van der Waals surface area contributed by atoms with E-state index >= 15 is 0 Å². The molecular formula is C16H21IN2O4. The SMILES string of the molecule is C/C(=N\OCC(=O)Nc1cc(C)cc(C)c1)C(C)(CI)C(=O)O. The van der Waals surface area contributed by atoms with Crippen LogP contribution in [-0.4, -0.2) is 33.7 Å². The van der Waals surface area contributed by atoms with Crippen LogP contribution in [0.4, 0.5) is 5.69 Å². The molecule has 0 heterocycles. The maximum absolute atomic E-state index is 11.8. The lowest BCUT2D eigenvalue weighted by Gasteiger charge is -2.21. The molecule has 6 nitrogen and oxygen atoms in total. The first-order chi connectivity index (χ1) is 10.7. The number of rotatable bonds is 7. The summed E-state index contributed by atoms with van der Waals surface area (Å²) in [7, 11) is 0. The largest absolute Gasteiger partial charge is 0.481 e. The van der Waals surface area contributed by atoms with Crippen molar-refractivity contribution in [3.63, 3.8) is 0 Å². The number of amides is 1. The summed E-state index contributed by atoms with van der Waals surface area (Å²) in [4.78, 5) is 28.1. The van der Waals surface area contributed by atoms with E-state index in [1.165, 1.54) is 0 Å². The first-order valence-electron chi connectivity index (χ1n) is 7.03. The molecule has 1 aromatic carbocycles. The molecule has 1 unspecified atom stereocenters. The second kappa shape index (κ2) is 8.28. The van der Waals surface area contributed by atoms with Crippen molar-refractivity contribution < 1.29 is 19.5 Å². The average molecular weight is 432 g/mol. The van der Waals surface area contributed by atoms with Gasteiger partial charge >= 0.3 is 5.97 Å². The van der Waals surface area contributed by atoms with E-state index in [1.807, 2.05) is 54.6 Å². The fourth-order valence-electron chi connectivity index (χ4n) is 1.84. The molecule has 1 amide bonds. The summed E-state index contributed by atoms with van der Waals surface area (Å²) in [5.74, 6) is -1.32. The number of carboxylic acid groups (broad SMARTS) is 1. The van der Waals surface area contributed by atoms with E-state index in [4.69, 9.17) is 4.84 Å². The molecular weight excluding hydrogens is 411 g/mol. The molecule has 0 saturated heterocycles. The van der Waals surface area contributed by atoms with Crippen molar-refractivity contribution in [3.05, 3.63) is 29.3 Å². The zero-order valence-electron chi connectivity index (χ0n) is 13.6. The van der Waals surface area contributed by atoms with E-state index in [0.29, 0.717) is 15.8 Å². The van der Waals surface area contributed by atoms with Gasteiger partial charge in [-0.1, -0.05) is 33.8 Å². The molecule has 1 aromatic rings. The summed E-state index contributed by atoms with van der Waals surface area (Å²) in [6.07, 6.45) is 0. The molecule has 0 fully saturated rings. The molecule has 0 aliphatic heterocycles. The number of anilines is 1. The van der Waals surface area contributed by atoms with E-state index in [0.717, 1.165) is 11.1 Å². The number of hydrogen-bond donors (Lipinski definition) is 2. The maximum Gasteiger partial charge on any atom is 0.316 e. The zero-order valence-corrected chi connectivity index (χ0v) is 15.8. The Hall–Kier alpha value is -1.64.